The predicted octanol–water partition coefficient (Wildman–Crippen LogP) is 0.586. The van der Waals surface area contributed by atoms with E-state index in [-0.39, 0.29) is 5.91 Å². The molecule has 1 aromatic carbocycles. The van der Waals surface area contributed by atoms with Crippen molar-refractivity contribution in [3.8, 4) is 5.75 Å². The third-order valence-electron chi connectivity index (χ3n) is 2.64. The highest BCUT2D eigenvalue weighted by atomic mass is 16.5. The Kier molecular flexibility index (Phi) is 3.41. The number of aryl methyl sites for hydroxylation is 1. The number of amides is 1. The molecule has 1 heterocycles. The van der Waals surface area contributed by atoms with Crippen molar-refractivity contribution in [2.75, 3.05) is 13.2 Å². The number of nitrogens with two attached hydrogens (primary N) is 1. The van der Waals surface area contributed by atoms with Crippen LogP contribution < -0.4 is 15.8 Å². The average Bonchev–Trinajstić information content (AvgIpc) is 2.50. The maximum atomic E-state index is 10.7. The van der Waals surface area contributed by atoms with Gasteiger partial charge in [-0.15, -0.1) is 0 Å². The van der Waals surface area contributed by atoms with Crippen LogP contribution >= 0.6 is 0 Å². The Morgan fingerprint density at radius 3 is 3.19 bits per heavy atom. The maximum absolute atomic E-state index is 10.7. The van der Waals surface area contributed by atoms with Crippen molar-refractivity contribution in [2.24, 2.45) is 5.73 Å². The van der Waals surface area contributed by atoms with Gasteiger partial charge in [0.25, 0.3) is 0 Å². The molecule has 0 aliphatic carbocycles. The number of ether oxygens (including phenoxy) is 1. The monoisotopic (exact) mass is 220 g/mol. The molecule has 0 unspecified atom stereocenters. The molecule has 3 N–H and O–H groups in total. The van der Waals surface area contributed by atoms with E-state index in [9.17, 15) is 4.79 Å². The zero-order valence-electron chi connectivity index (χ0n) is 9.16. The van der Waals surface area contributed by atoms with Crippen LogP contribution in [0.2, 0.25) is 0 Å². The van der Waals surface area contributed by atoms with Gasteiger partial charge in [0.1, 0.15) is 12.4 Å². The highest BCUT2D eigenvalue weighted by molar-refractivity contribution is 5.74. The number of hydrogen-bond donors (Lipinski definition) is 2. The van der Waals surface area contributed by atoms with E-state index in [1.165, 1.54) is 0 Å². The highest BCUT2D eigenvalue weighted by Gasteiger charge is 2.09. The lowest BCUT2D eigenvalue weighted by atomic mass is 10.1. The second-order valence-electron chi connectivity index (χ2n) is 3.93. The maximum Gasteiger partial charge on any atom is 0.217 e. The normalized spacial score (nSPS) is 14.8. The van der Waals surface area contributed by atoms with E-state index in [0.717, 1.165) is 30.0 Å². The summed E-state index contributed by atoms with van der Waals surface area (Å²) in [5.41, 5.74) is 7.41. The van der Waals surface area contributed by atoms with E-state index in [4.69, 9.17) is 10.5 Å². The molecule has 0 aromatic heterocycles. The Hall–Kier alpha value is -1.55. The minimum Gasteiger partial charge on any atom is -0.492 e. The van der Waals surface area contributed by atoms with Crippen LogP contribution in [0, 0.1) is 0 Å². The third-order valence-corrected chi connectivity index (χ3v) is 2.64. The lowest BCUT2D eigenvalue weighted by Crippen LogP contribution is -2.16. The summed E-state index contributed by atoms with van der Waals surface area (Å²) < 4.78 is 5.57. The van der Waals surface area contributed by atoms with Crippen LogP contribution in [0.5, 0.6) is 5.75 Å². The van der Waals surface area contributed by atoms with E-state index in [2.05, 4.69) is 11.4 Å². The van der Waals surface area contributed by atoms with Gasteiger partial charge in [-0.2, -0.15) is 0 Å². The van der Waals surface area contributed by atoms with Crippen LogP contribution in [0.1, 0.15) is 17.5 Å². The molecular formula is C12H16N2O2. The Labute approximate surface area is 94.8 Å². The standard InChI is InChI=1S/C12H16N2O2/c13-12(15)4-2-9-1-3-11-10(7-9)8-14-5-6-16-11/h1,3,7,14H,2,4-6,8H2,(H2,13,15). The number of fused-ring (bicyclic) bond motifs is 1. The molecule has 0 fully saturated rings. The number of hydrogen-bond acceptors (Lipinski definition) is 3. The van der Waals surface area contributed by atoms with Gasteiger partial charge >= 0.3 is 0 Å². The first kappa shape index (κ1) is 11.0. The van der Waals surface area contributed by atoms with Crippen LogP contribution in [-0.4, -0.2) is 19.1 Å². The smallest absolute Gasteiger partial charge is 0.217 e. The predicted molar refractivity (Wildman–Crippen MR) is 61.2 cm³/mol. The molecule has 1 aliphatic heterocycles. The van der Waals surface area contributed by atoms with E-state index < -0.39 is 0 Å². The second kappa shape index (κ2) is 4.99. The first-order chi connectivity index (χ1) is 7.75. The van der Waals surface area contributed by atoms with Crippen molar-refractivity contribution in [2.45, 2.75) is 19.4 Å². The molecule has 1 aliphatic rings. The van der Waals surface area contributed by atoms with Crippen LogP contribution in [0.25, 0.3) is 0 Å². The van der Waals surface area contributed by atoms with Crippen LogP contribution in [-0.2, 0) is 17.8 Å². The lowest BCUT2D eigenvalue weighted by Gasteiger charge is -2.08. The largest absolute Gasteiger partial charge is 0.492 e. The number of carbonyl (C=O) groups is 1. The van der Waals surface area contributed by atoms with Crippen molar-refractivity contribution < 1.29 is 9.53 Å². The summed E-state index contributed by atoms with van der Waals surface area (Å²) in [5, 5.41) is 3.28. The summed E-state index contributed by atoms with van der Waals surface area (Å²) in [5.74, 6) is 0.678. The zero-order valence-corrected chi connectivity index (χ0v) is 9.16. The topological polar surface area (TPSA) is 64.4 Å². The number of nitrogens with one attached hydrogen (secondary N) is 1. The molecule has 4 heteroatoms. The fraction of sp³-hybridized carbons (Fsp3) is 0.417. The summed E-state index contributed by atoms with van der Waals surface area (Å²) in [6.45, 7) is 2.39. The SMILES string of the molecule is NC(=O)CCc1ccc2c(c1)CNCCO2. The summed E-state index contributed by atoms with van der Waals surface area (Å²) in [7, 11) is 0. The summed E-state index contributed by atoms with van der Waals surface area (Å²) in [6, 6.07) is 6.04. The minimum atomic E-state index is -0.260. The van der Waals surface area contributed by atoms with Crippen molar-refractivity contribution in [3.05, 3.63) is 29.3 Å². The molecule has 0 saturated carbocycles. The fourth-order valence-corrected chi connectivity index (χ4v) is 1.79. The Bertz CT molecular complexity index is 391. The quantitative estimate of drug-likeness (QED) is 0.783. The Morgan fingerprint density at radius 1 is 1.50 bits per heavy atom. The van der Waals surface area contributed by atoms with E-state index >= 15 is 0 Å². The molecule has 0 atom stereocenters. The molecule has 0 bridgehead atoms. The molecule has 0 saturated heterocycles. The van der Waals surface area contributed by atoms with Crippen molar-refractivity contribution >= 4 is 5.91 Å². The van der Waals surface area contributed by atoms with E-state index in [1.807, 2.05) is 12.1 Å². The van der Waals surface area contributed by atoms with Crippen molar-refractivity contribution in [3.63, 3.8) is 0 Å². The van der Waals surface area contributed by atoms with Gasteiger partial charge in [0, 0.05) is 25.1 Å². The van der Waals surface area contributed by atoms with Gasteiger partial charge in [-0.05, 0) is 18.1 Å². The number of primary amides is 1. The molecule has 0 radical (unpaired) electrons. The average molecular weight is 220 g/mol. The van der Waals surface area contributed by atoms with E-state index in [1.54, 1.807) is 0 Å². The van der Waals surface area contributed by atoms with Gasteiger partial charge in [0.15, 0.2) is 0 Å². The molecule has 1 amide bonds. The lowest BCUT2D eigenvalue weighted by molar-refractivity contribution is -0.117. The van der Waals surface area contributed by atoms with Gasteiger partial charge < -0.3 is 15.8 Å². The summed E-state index contributed by atoms with van der Waals surface area (Å²) >= 11 is 0. The molecule has 16 heavy (non-hydrogen) atoms. The summed E-state index contributed by atoms with van der Waals surface area (Å²) in [6.07, 6.45) is 1.09. The third kappa shape index (κ3) is 2.73. The van der Waals surface area contributed by atoms with Crippen LogP contribution in [0.3, 0.4) is 0 Å². The first-order valence-electron chi connectivity index (χ1n) is 5.49. The van der Waals surface area contributed by atoms with Gasteiger partial charge in [-0.1, -0.05) is 12.1 Å². The molecule has 4 nitrogen and oxygen atoms in total. The van der Waals surface area contributed by atoms with E-state index in [0.29, 0.717) is 19.4 Å². The molecular weight excluding hydrogens is 204 g/mol. The number of carbonyl (C=O) groups excluding carboxylic acids is 1. The number of benzene rings is 1. The van der Waals surface area contributed by atoms with Gasteiger partial charge in [-0.3, -0.25) is 4.79 Å². The zero-order chi connectivity index (χ0) is 11.4. The van der Waals surface area contributed by atoms with Gasteiger partial charge in [-0.25, -0.2) is 0 Å². The number of rotatable bonds is 3. The minimum absolute atomic E-state index is 0.260. The summed E-state index contributed by atoms with van der Waals surface area (Å²) in [4.78, 5) is 10.7. The molecule has 2 rings (SSSR count). The molecule has 86 valence electrons. The van der Waals surface area contributed by atoms with Crippen molar-refractivity contribution in [1.82, 2.24) is 5.32 Å². The Balaban J connectivity index is 2.11. The van der Waals surface area contributed by atoms with Gasteiger partial charge in [0.05, 0.1) is 0 Å². The fourth-order valence-electron chi connectivity index (χ4n) is 1.79. The molecule has 0 spiro atoms. The second-order valence-corrected chi connectivity index (χ2v) is 3.93. The van der Waals surface area contributed by atoms with Crippen molar-refractivity contribution in [1.29, 1.82) is 0 Å². The first-order valence-corrected chi connectivity index (χ1v) is 5.49. The Morgan fingerprint density at radius 2 is 2.38 bits per heavy atom. The van der Waals surface area contributed by atoms with Crippen LogP contribution in [0.4, 0.5) is 0 Å². The van der Waals surface area contributed by atoms with Crippen LogP contribution in [0.15, 0.2) is 18.2 Å². The molecule has 1 aromatic rings. The highest BCUT2D eigenvalue weighted by Crippen LogP contribution is 2.22. The van der Waals surface area contributed by atoms with Gasteiger partial charge in [0.2, 0.25) is 5.91 Å².